The van der Waals surface area contributed by atoms with Gasteiger partial charge < -0.3 is 9.73 Å². The van der Waals surface area contributed by atoms with E-state index in [0.717, 1.165) is 22.9 Å². The van der Waals surface area contributed by atoms with Crippen molar-refractivity contribution in [3.63, 3.8) is 0 Å². The number of hydrogen-bond donors (Lipinski definition) is 1. The summed E-state index contributed by atoms with van der Waals surface area (Å²) in [5.74, 6) is 0.647. The fourth-order valence-electron chi connectivity index (χ4n) is 2.55. The Morgan fingerprint density at radius 1 is 1.19 bits per heavy atom. The van der Waals surface area contributed by atoms with Gasteiger partial charge in [-0.25, -0.2) is 0 Å². The van der Waals surface area contributed by atoms with Gasteiger partial charge in [0.2, 0.25) is 11.8 Å². The van der Waals surface area contributed by atoms with E-state index in [4.69, 9.17) is 4.42 Å². The number of aryl methyl sites for hydroxylation is 1. The largest absolute Gasteiger partial charge is 0.411 e. The van der Waals surface area contributed by atoms with Gasteiger partial charge in [-0.2, -0.15) is 0 Å². The molecule has 0 spiro atoms. The van der Waals surface area contributed by atoms with Crippen molar-refractivity contribution < 1.29 is 9.21 Å². The summed E-state index contributed by atoms with van der Waals surface area (Å²) in [6.07, 6.45) is 1.84. The highest BCUT2D eigenvalue weighted by atomic mass is 79.9. The Hall–Kier alpha value is -2.12. The Morgan fingerprint density at radius 2 is 2.00 bits per heavy atom. The molecule has 27 heavy (non-hydrogen) atoms. The minimum Gasteiger partial charge on any atom is -0.411 e. The molecule has 7 heteroatoms. The topological polar surface area (TPSA) is 68.0 Å². The summed E-state index contributed by atoms with van der Waals surface area (Å²) in [7, 11) is 0. The summed E-state index contributed by atoms with van der Waals surface area (Å²) in [6, 6.07) is 18.0. The van der Waals surface area contributed by atoms with Gasteiger partial charge >= 0.3 is 0 Å². The lowest BCUT2D eigenvalue weighted by Crippen LogP contribution is -2.34. The standard InChI is InChI=1S/C20H20BrN3O2S/c1-14(10-11-15-6-3-2-4-7-15)22-18(25)13-27-20-24-23-19(26-20)16-8-5-9-17(21)12-16/h2-9,12,14H,10-11,13H2,1H3,(H,22,25)/t14-/m1/s1. The molecule has 3 aromatic rings. The maximum atomic E-state index is 12.1. The number of amides is 1. The molecule has 0 saturated heterocycles. The fourth-order valence-corrected chi connectivity index (χ4v) is 3.52. The maximum absolute atomic E-state index is 12.1. The van der Waals surface area contributed by atoms with Crippen LogP contribution in [0, 0.1) is 0 Å². The van der Waals surface area contributed by atoms with Crippen molar-refractivity contribution in [2.24, 2.45) is 0 Å². The summed E-state index contributed by atoms with van der Waals surface area (Å²) in [5.41, 5.74) is 2.11. The van der Waals surface area contributed by atoms with Crippen LogP contribution in [0.5, 0.6) is 0 Å². The molecule has 1 amide bonds. The van der Waals surface area contributed by atoms with E-state index in [2.05, 4.69) is 43.6 Å². The highest BCUT2D eigenvalue weighted by Crippen LogP contribution is 2.25. The Bertz CT molecular complexity index is 886. The second kappa shape index (κ2) is 9.71. The summed E-state index contributed by atoms with van der Waals surface area (Å²) < 4.78 is 6.57. The molecule has 0 aliphatic heterocycles. The van der Waals surface area contributed by atoms with Crippen molar-refractivity contribution in [1.82, 2.24) is 15.5 Å². The van der Waals surface area contributed by atoms with Gasteiger partial charge in [0.05, 0.1) is 5.75 Å². The number of rotatable bonds is 8. The first-order valence-corrected chi connectivity index (χ1v) is 10.4. The van der Waals surface area contributed by atoms with Crippen molar-refractivity contribution in [2.45, 2.75) is 31.0 Å². The van der Waals surface area contributed by atoms with Crippen molar-refractivity contribution >= 4 is 33.6 Å². The molecule has 1 heterocycles. The SMILES string of the molecule is C[C@H](CCc1ccccc1)NC(=O)CSc1nnc(-c2cccc(Br)c2)o1. The Balaban J connectivity index is 1.44. The molecule has 0 saturated carbocycles. The van der Waals surface area contributed by atoms with Crippen molar-refractivity contribution in [3.05, 3.63) is 64.6 Å². The van der Waals surface area contributed by atoms with Gasteiger partial charge in [-0.05, 0) is 43.5 Å². The van der Waals surface area contributed by atoms with E-state index in [-0.39, 0.29) is 17.7 Å². The first-order chi connectivity index (χ1) is 13.1. The fraction of sp³-hybridized carbons (Fsp3) is 0.250. The van der Waals surface area contributed by atoms with Crippen LogP contribution in [-0.4, -0.2) is 27.9 Å². The Kier molecular flexibility index (Phi) is 7.06. The van der Waals surface area contributed by atoms with Gasteiger partial charge in [0, 0.05) is 16.1 Å². The zero-order chi connectivity index (χ0) is 19.1. The van der Waals surface area contributed by atoms with Crippen molar-refractivity contribution in [2.75, 3.05) is 5.75 Å². The number of halogens is 1. The number of thioether (sulfide) groups is 1. The highest BCUT2D eigenvalue weighted by Gasteiger charge is 2.13. The predicted octanol–water partition coefficient (Wildman–Crippen LogP) is 4.73. The molecule has 140 valence electrons. The third-order valence-electron chi connectivity index (χ3n) is 3.92. The van der Waals surface area contributed by atoms with Crippen molar-refractivity contribution in [3.8, 4) is 11.5 Å². The predicted molar refractivity (Wildman–Crippen MR) is 111 cm³/mol. The zero-order valence-electron chi connectivity index (χ0n) is 14.9. The molecule has 1 aromatic heterocycles. The van der Waals surface area contributed by atoms with Gasteiger partial charge in [0.25, 0.3) is 5.22 Å². The van der Waals surface area contributed by atoms with E-state index < -0.39 is 0 Å². The van der Waals surface area contributed by atoms with Crippen molar-refractivity contribution in [1.29, 1.82) is 0 Å². The van der Waals surface area contributed by atoms with Crippen LogP contribution in [0.1, 0.15) is 18.9 Å². The number of carbonyl (C=O) groups excluding carboxylic acids is 1. The number of benzene rings is 2. The molecular weight excluding hydrogens is 426 g/mol. The van der Waals surface area contributed by atoms with Crippen LogP contribution in [0.25, 0.3) is 11.5 Å². The monoisotopic (exact) mass is 445 g/mol. The molecule has 0 fully saturated rings. The third kappa shape index (κ3) is 6.22. The van der Waals surface area contributed by atoms with Gasteiger partial charge in [-0.1, -0.05) is 64.1 Å². The molecule has 0 unspecified atom stereocenters. The molecule has 0 aliphatic rings. The Morgan fingerprint density at radius 3 is 2.78 bits per heavy atom. The van der Waals surface area contributed by atoms with Crippen LogP contribution in [0.3, 0.4) is 0 Å². The van der Waals surface area contributed by atoms with Gasteiger partial charge in [0.1, 0.15) is 0 Å². The van der Waals surface area contributed by atoms with E-state index in [1.807, 2.05) is 49.4 Å². The molecular formula is C20H20BrN3O2S. The number of nitrogens with one attached hydrogen (secondary N) is 1. The first kappa shape index (κ1) is 19.6. The van der Waals surface area contributed by atoms with Crippen LogP contribution < -0.4 is 5.32 Å². The van der Waals surface area contributed by atoms with Crippen LogP contribution in [0.2, 0.25) is 0 Å². The van der Waals surface area contributed by atoms with E-state index in [9.17, 15) is 4.79 Å². The van der Waals surface area contributed by atoms with E-state index >= 15 is 0 Å². The zero-order valence-corrected chi connectivity index (χ0v) is 17.3. The second-order valence-electron chi connectivity index (χ2n) is 6.16. The van der Waals surface area contributed by atoms with Gasteiger partial charge in [-0.3, -0.25) is 4.79 Å². The first-order valence-electron chi connectivity index (χ1n) is 8.65. The molecule has 0 radical (unpaired) electrons. The summed E-state index contributed by atoms with van der Waals surface area (Å²) in [5, 5.41) is 11.4. The summed E-state index contributed by atoms with van der Waals surface area (Å²) in [4.78, 5) is 12.1. The van der Waals surface area contributed by atoms with Crippen LogP contribution in [0.15, 0.2) is 68.7 Å². The highest BCUT2D eigenvalue weighted by molar-refractivity contribution is 9.10. The van der Waals surface area contributed by atoms with Crippen LogP contribution in [-0.2, 0) is 11.2 Å². The normalized spacial score (nSPS) is 11.9. The molecule has 0 aliphatic carbocycles. The smallest absolute Gasteiger partial charge is 0.277 e. The third-order valence-corrected chi connectivity index (χ3v) is 5.23. The van der Waals surface area contributed by atoms with E-state index in [1.54, 1.807) is 0 Å². The molecule has 3 rings (SSSR count). The average molecular weight is 446 g/mol. The van der Waals surface area contributed by atoms with Gasteiger partial charge in [-0.15, -0.1) is 10.2 Å². The Labute approximate surface area is 171 Å². The number of aromatic nitrogens is 2. The van der Waals surface area contributed by atoms with E-state index in [1.165, 1.54) is 17.3 Å². The summed E-state index contributed by atoms with van der Waals surface area (Å²) in [6.45, 7) is 2.02. The quantitative estimate of drug-likeness (QED) is 0.507. The number of nitrogens with zero attached hydrogens (tertiary/aromatic N) is 2. The molecule has 1 N–H and O–H groups in total. The van der Waals surface area contributed by atoms with Crippen LogP contribution >= 0.6 is 27.7 Å². The lowest BCUT2D eigenvalue weighted by molar-refractivity contribution is -0.119. The number of hydrogen-bond acceptors (Lipinski definition) is 5. The maximum Gasteiger partial charge on any atom is 0.277 e. The number of carbonyl (C=O) groups is 1. The van der Waals surface area contributed by atoms with Gasteiger partial charge in [0.15, 0.2) is 0 Å². The molecule has 2 aromatic carbocycles. The average Bonchev–Trinajstić information content (AvgIpc) is 3.15. The van der Waals surface area contributed by atoms with Crippen LogP contribution in [0.4, 0.5) is 0 Å². The minimum absolute atomic E-state index is 0.0391. The lowest BCUT2D eigenvalue weighted by Gasteiger charge is -2.13. The second-order valence-corrected chi connectivity index (χ2v) is 8.01. The lowest BCUT2D eigenvalue weighted by atomic mass is 10.1. The minimum atomic E-state index is -0.0391. The summed E-state index contributed by atoms with van der Waals surface area (Å²) >= 11 is 4.66. The molecule has 5 nitrogen and oxygen atoms in total. The van der Waals surface area contributed by atoms with E-state index in [0.29, 0.717) is 11.1 Å². The molecule has 1 atom stereocenters. The molecule has 0 bridgehead atoms.